The average molecular weight is 804 g/mol. The smallest absolute Gasteiger partial charge is 0.164 e. The summed E-state index contributed by atoms with van der Waals surface area (Å²) in [7, 11) is 0. The van der Waals surface area contributed by atoms with Crippen LogP contribution in [0.3, 0.4) is 0 Å². The van der Waals surface area contributed by atoms with E-state index in [2.05, 4.69) is 199 Å². The van der Waals surface area contributed by atoms with Crippen LogP contribution in [0.5, 0.6) is 0 Å². The minimum atomic E-state index is 0.580. The van der Waals surface area contributed by atoms with Crippen molar-refractivity contribution in [2.75, 3.05) is 0 Å². The summed E-state index contributed by atoms with van der Waals surface area (Å²) in [6, 6.07) is 78.7. The first-order valence-corrected chi connectivity index (χ1v) is 21.2. The van der Waals surface area contributed by atoms with Gasteiger partial charge in [-0.15, -0.1) is 0 Å². The summed E-state index contributed by atoms with van der Waals surface area (Å²) in [5.74, 6) is 1.79. The van der Waals surface area contributed by atoms with Gasteiger partial charge in [0.2, 0.25) is 0 Å². The van der Waals surface area contributed by atoms with Gasteiger partial charge in [0.05, 0.1) is 22.2 Å². The van der Waals surface area contributed by atoms with Gasteiger partial charge < -0.3 is 4.57 Å². The van der Waals surface area contributed by atoms with E-state index in [1.807, 2.05) is 30.3 Å². The van der Waals surface area contributed by atoms with Crippen molar-refractivity contribution < 1.29 is 0 Å². The molecule has 0 aliphatic carbocycles. The van der Waals surface area contributed by atoms with Gasteiger partial charge >= 0.3 is 0 Å². The molecule has 0 aliphatic rings. The Kier molecular flexibility index (Phi) is 8.75. The van der Waals surface area contributed by atoms with Crippen molar-refractivity contribution in [1.29, 1.82) is 0 Å². The molecule has 0 spiro atoms. The first-order valence-electron chi connectivity index (χ1n) is 21.2. The standard InChI is InChI=1S/C58H37N5/c1-6-18-38(19-7-1)43-32-44(39-20-8-2-9-21-39)34-45(33-43)58-61-56(41-24-12-4-13-25-41)60-57(62-58)42-30-31-47-49-36-50-48-28-16-17-29-53(48)63(46-26-14-5-15-27-46)54(50)37-51(49)55(59-52(47)35-42)40-22-10-3-11-23-40/h1-37H. The summed E-state index contributed by atoms with van der Waals surface area (Å²) in [5.41, 5.74) is 13.4. The Morgan fingerprint density at radius 1 is 0.254 bits per heavy atom. The summed E-state index contributed by atoms with van der Waals surface area (Å²) < 4.78 is 2.37. The van der Waals surface area contributed by atoms with Crippen molar-refractivity contribution in [2.45, 2.75) is 0 Å². The molecule has 12 rings (SSSR count). The van der Waals surface area contributed by atoms with Crippen molar-refractivity contribution in [3.8, 4) is 73.4 Å². The number of pyridine rings is 1. The maximum Gasteiger partial charge on any atom is 0.164 e. The minimum Gasteiger partial charge on any atom is -0.309 e. The molecule has 0 atom stereocenters. The van der Waals surface area contributed by atoms with Crippen molar-refractivity contribution in [3.63, 3.8) is 0 Å². The highest BCUT2D eigenvalue weighted by atomic mass is 15.0. The van der Waals surface area contributed by atoms with Gasteiger partial charge in [0.1, 0.15) is 0 Å². The van der Waals surface area contributed by atoms with E-state index in [1.54, 1.807) is 0 Å². The molecule has 12 aromatic rings. The molecular formula is C58H37N5. The lowest BCUT2D eigenvalue weighted by molar-refractivity contribution is 1.07. The van der Waals surface area contributed by atoms with E-state index in [4.69, 9.17) is 19.9 Å². The van der Waals surface area contributed by atoms with Gasteiger partial charge in [-0.25, -0.2) is 19.9 Å². The molecule has 63 heavy (non-hydrogen) atoms. The van der Waals surface area contributed by atoms with Crippen LogP contribution in [-0.2, 0) is 0 Å². The Morgan fingerprint density at radius 3 is 1.40 bits per heavy atom. The SMILES string of the molecule is c1ccc(-c2cc(-c3ccccc3)cc(-c3nc(-c4ccccc4)nc(-c4ccc5c(c4)nc(-c4ccccc4)c4cc6c(cc45)c4ccccc4n6-c4ccccc4)n3)c2)cc1. The quantitative estimate of drug-likeness (QED) is 0.151. The molecule has 0 aliphatic heterocycles. The maximum atomic E-state index is 5.49. The van der Waals surface area contributed by atoms with Crippen LogP contribution in [0.1, 0.15) is 0 Å². The zero-order chi connectivity index (χ0) is 41.7. The molecule has 0 unspecified atom stereocenters. The van der Waals surface area contributed by atoms with E-state index in [0.29, 0.717) is 17.5 Å². The third kappa shape index (κ3) is 6.51. The largest absolute Gasteiger partial charge is 0.309 e. The number of rotatable bonds is 7. The second-order valence-electron chi connectivity index (χ2n) is 15.9. The molecular weight excluding hydrogens is 767 g/mol. The van der Waals surface area contributed by atoms with Crippen LogP contribution >= 0.6 is 0 Å². The van der Waals surface area contributed by atoms with Gasteiger partial charge in [0.15, 0.2) is 17.5 Å². The number of fused-ring (bicyclic) bond motifs is 6. The van der Waals surface area contributed by atoms with Crippen LogP contribution in [-0.4, -0.2) is 24.5 Å². The highest BCUT2D eigenvalue weighted by Crippen LogP contribution is 2.41. The molecule has 0 amide bonds. The fraction of sp³-hybridized carbons (Fsp3) is 0. The zero-order valence-corrected chi connectivity index (χ0v) is 34.1. The normalized spacial score (nSPS) is 11.5. The predicted octanol–water partition coefficient (Wildman–Crippen LogP) is 14.7. The van der Waals surface area contributed by atoms with Crippen molar-refractivity contribution >= 4 is 43.5 Å². The van der Waals surface area contributed by atoms with E-state index >= 15 is 0 Å². The van der Waals surface area contributed by atoms with Gasteiger partial charge in [0.25, 0.3) is 0 Å². The minimum absolute atomic E-state index is 0.580. The molecule has 5 heteroatoms. The van der Waals surface area contributed by atoms with Gasteiger partial charge in [-0.1, -0.05) is 170 Å². The monoisotopic (exact) mass is 803 g/mol. The van der Waals surface area contributed by atoms with Gasteiger partial charge in [0, 0.05) is 49.5 Å². The fourth-order valence-electron chi connectivity index (χ4n) is 8.98. The Labute approximate surface area is 364 Å². The third-order valence-electron chi connectivity index (χ3n) is 12.0. The molecule has 0 fully saturated rings. The van der Waals surface area contributed by atoms with E-state index in [0.717, 1.165) is 83.1 Å². The summed E-state index contributed by atoms with van der Waals surface area (Å²) in [5, 5.41) is 5.70. The van der Waals surface area contributed by atoms with Crippen LogP contribution in [0, 0.1) is 0 Å². The summed E-state index contributed by atoms with van der Waals surface area (Å²) in [4.78, 5) is 21.1. The van der Waals surface area contributed by atoms with Crippen molar-refractivity contribution in [2.24, 2.45) is 0 Å². The number of para-hydroxylation sites is 2. The Morgan fingerprint density at radius 2 is 0.762 bits per heavy atom. The Bertz CT molecular complexity index is 3590. The third-order valence-corrected chi connectivity index (χ3v) is 12.0. The average Bonchev–Trinajstić information content (AvgIpc) is 3.69. The van der Waals surface area contributed by atoms with E-state index in [-0.39, 0.29) is 0 Å². The highest BCUT2D eigenvalue weighted by Gasteiger charge is 2.20. The molecule has 294 valence electrons. The molecule has 9 aromatic carbocycles. The molecule has 0 saturated heterocycles. The van der Waals surface area contributed by atoms with Crippen LogP contribution in [0.25, 0.3) is 117 Å². The second kappa shape index (κ2) is 15.2. The highest BCUT2D eigenvalue weighted by molar-refractivity contribution is 6.20. The van der Waals surface area contributed by atoms with Crippen molar-refractivity contribution in [3.05, 3.63) is 224 Å². The number of nitrogens with zero attached hydrogens (tertiary/aromatic N) is 5. The first-order chi connectivity index (χ1) is 31.2. The van der Waals surface area contributed by atoms with Crippen LogP contribution in [0.2, 0.25) is 0 Å². The van der Waals surface area contributed by atoms with Crippen LogP contribution in [0.4, 0.5) is 0 Å². The van der Waals surface area contributed by atoms with Gasteiger partial charge in [-0.3, -0.25) is 0 Å². The van der Waals surface area contributed by atoms with Gasteiger partial charge in [-0.2, -0.15) is 0 Å². The molecule has 0 saturated carbocycles. The predicted molar refractivity (Wildman–Crippen MR) is 260 cm³/mol. The number of hydrogen-bond acceptors (Lipinski definition) is 4. The maximum absolute atomic E-state index is 5.49. The van der Waals surface area contributed by atoms with E-state index in [1.165, 1.54) is 16.3 Å². The molecule has 0 radical (unpaired) electrons. The van der Waals surface area contributed by atoms with Crippen molar-refractivity contribution in [1.82, 2.24) is 24.5 Å². The molecule has 3 aromatic heterocycles. The topological polar surface area (TPSA) is 56.5 Å². The molecule has 3 heterocycles. The lowest BCUT2D eigenvalue weighted by atomic mass is 9.95. The lowest BCUT2D eigenvalue weighted by Crippen LogP contribution is -2.01. The second-order valence-corrected chi connectivity index (χ2v) is 15.9. The molecule has 0 bridgehead atoms. The fourth-order valence-corrected chi connectivity index (χ4v) is 8.98. The van der Waals surface area contributed by atoms with Crippen LogP contribution in [0.15, 0.2) is 224 Å². The zero-order valence-electron chi connectivity index (χ0n) is 34.1. The first kappa shape index (κ1) is 36.3. The van der Waals surface area contributed by atoms with Gasteiger partial charge in [-0.05, 0) is 82.2 Å². The Hall–Kier alpha value is -8.54. The number of aromatic nitrogens is 5. The number of hydrogen-bond donors (Lipinski definition) is 0. The molecule has 0 N–H and O–H groups in total. The number of benzene rings is 9. The van der Waals surface area contributed by atoms with E-state index in [9.17, 15) is 0 Å². The lowest BCUT2D eigenvalue weighted by Gasteiger charge is -2.14. The Balaban J connectivity index is 1.09. The van der Waals surface area contributed by atoms with E-state index < -0.39 is 0 Å². The van der Waals surface area contributed by atoms with Crippen LogP contribution < -0.4 is 0 Å². The summed E-state index contributed by atoms with van der Waals surface area (Å²) >= 11 is 0. The summed E-state index contributed by atoms with van der Waals surface area (Å²) in [6.07, 6.45) is 0. The summed E-state index contributed by atoms with van der Waals surface area (Å²) in [6.45, 7) is 0. The molecule has 5 nitrogen and oxygen atoms in total.